The van der Waals surface area contributed by atoms with Crippen molar-refractivity contribution in [2.75, 3.05) is 26.2 Å². The summed E-state index contributed by atoms with van der Waals surface area (Å²) < 4.78 is 1.03. The fourth-order valence-electron chi connectivity index (χ4n) is 2.03. The molecule has 3 nitrogen and oxygen atoms in total. The number of hydrogen-bond acceptors (Lipinski definition) is 2. The standard InChI is InChI=1S/C13H17BrN2O.ClH/c14-12-4-1-3-11(9-12)10-13(17)16-7-2-5-15-6-8-16;/h1,3-4,9,15H,2,5-8,10H2;1H. The number of carbonyl (C=O) groups excluding carboxylic acids is 1. The summed E-state index contributed by atoms with van der Waals surface area (Å²) in [6, 6.07) is 7.95. The van der Waals surface area contributed by atoms with E-state index < -0.39 is 0 Å². The van der Waals surface area contributed by atoms with E-state index in [4.69, 9.17) is 0 Å². The van der Waals surface area contributed by atoms with Gasteiger partial charge in [-0.15, -0.1) is 12.4 Å². The van der Waals surface area contributed by atoms with Gasteiger partial charge in [-0.25, -0.2) is 0 Å². The molecule has 0 radical (unpaired) electrons. The molecule has 1 heterocycles. The van der Waals surface area contributed by atoms with E-state index in [0.717, 1.165) is 42.6 Å². The number of hydrogen-bond donors (Lipinski definition) is 1. The molecule has 0 atom stereocenters. The molecular formula is C13H18BrClN2O. The van der Waals surface area contributed by atoms with Crippen molar-refractivity contribution in [3.63, 3.8) is 0 Å². The summed E-state index contributed by atoms with van der Waals surface area (Å²) in [5.41, 5.74) is 1.07. The predicted molar refractivity (Wildman–Crippen MR) is 79.2 cm³/mol. The van der Waals surface area contributed by atoms with Crippen LogP contribution in [0, 0.1) is 0 Å². The first-order chi connectivity index (χ1) is 8.25. The number of carbonyl (C=O) groups is 1. The molecule has 1 aliphatic heterocycles. The van der Waals surface area contributed by atoms with E-state index in [1.54, 1.807) is 0 Å². The molecule has 0 aliphatic carbocycles. The number of halogens is 2. The maximum atomic E-state index is 12.1. The number of nitrogens with zero attached hydrogens (tertiary/aromatic N) is 1. The van der Waals surface area contributed by atoms with Gasteiger partial charge in [-0.3, -0.25) is 4.79 Å². The highest BCUT2D eigenvalue weighted by Crippen LogP contribution is 2.13. The maximum Gasteiger partial charge on any atom is 0.227 e. The Hall–Kier alpha value is -0.580. The molecule has 1 aromatic carbocycles. The summed E-state index contributed by atoms with van der Waals surface area (Å²) in [7, 11) is 0. The van der Waals surface area contributed by atoms with Gasteiger partial charge in [-0.2, -0.15) is 0 Å². The quantitative estimate of drug-likeness (QED) is 0.900. The third-order valence-corrected chi connectivity index (χ3v) is 3.43. The predicted octanol–water partition coefficient (Wildman–Crippen LogP) is 2.24. The van der Waals surface area contributed by atoms with Gasteiger partial charge in [-0.1, -0.05) is 28.1 Å². The van der Waals surface area contributed by atoms with Crippen LogP contribution in [-0.4, -0.2) is 37.0 Å². The van der Waals surface area contributed by atoms with Crippen molar-refractivity contribution in [2.45, 2.75) is 12.8 Å². The molecule has 5 heteroatoms. The van der Waals surface area contributed by atoms with Crippen molar-refractivity contribution < 1.29 is 4.79 Å². The van der Waals surface area contributed by atoms with Crippen LogP contribution in [0.5, 0.6) is 0 Å². The van der Waals surface area contributed by atoms with Crippen LogP contribution in [0.1, 0.15) is 12.0 Å². The molecule has 0 spiro atoms. The van der Waals surface area contributed by atoms with Gasteiger partial charge in [0, 0.05) is 24.1 Å². The smallest absolute Gasteiger partial charge is 0.227 e. The van der Waals surface area contributed by atoms with E-state index >= 15 is 0 Å². The Morgan fingerprint density at radius 2 is 2.17 bits per heavy atom. The van der Waals surface area contributed by atoms with Gasteiger partial charge in [0.05, 0.1) is 6.42 Å². The van der Waals surface area contributed by atoms with Gasteiger partial charge in [0.25, 0.3) is 0 Å². The zero-order valence-corrected chi connectivity index (χ0v) is 12.6. The molecule has 0 saturated carbocycles. The van der Waals surface area contributed by atoms with Gasteiger partial charge < -0.3 is 10.2 Å². The third-order valence-electron chi connectivity index (χ3n) is 2.94. The monoisotopic (exact) mass is 332 g/mol. The first-order valence-electron chi connectivity index (χ1n) is 5.98. The summed E-state index contributed by atoms with van der Waals surface area (Å²) in [5.74, 6) is 0.229. The Morgan fingerprint density at radius 1 is 1.33 bits per heavy atom. The van der Waals surface area contributed by atoms with Crippen LogP contribution in [0.25, 0.3) is 0 Å². The molecule has 1 N–H and O–H groups in total. The average Bonchev–Trinajstić information content (AvgIpc) is 2.57. The largest absolute Gasteiger partial charge is 0.341 e. The van der Waals surface area contributed by atoms with E-state index in [2.05, 4.69) is 21.2 Å². The molecule has 1 aliphatic rings. The molecule has 1 fully saturated rings. The third kappa shape index (κ3) is 4.59. The van der Waals surface area contributed by atoms with E-state index in [1.165, 1.54) is 0 Å². The highest BCUT2D eigenvalue weighted by Gasteiger charge is 2.15. The fourth-order valence-corrected chi connectivity index (χ4v) is 2.48. The van der Waals surface area contributed by atoms with Crippen LogP contribution in [0.2, 0.25) is 0 Å². The molecular weight excluding hydrogens is 316 g/mol. The Balaban J connectivity index is 0.00000162. The summed E-state index contributed by atoms with van der Waals surface area (Å²) in [6.07, 6.45) is 1.55. The topological polar surface area (TPSA) is 32.3 Å². The van der Waals surface area contributed by atoms with Gasteiger partial charge in [0.2, 0.25) is 5.91 Å². The Bertz CT molecular complexity index is 392. The van der Waals surface area contributed by atoms with Crippen LogP contribution >= 0.6 is 28.3 Å². The number of amides is 1. The molecule has 18 heavy (non-hydrogen) atoms. The lowest BCUT2D eigenvalue weighted by Crippen LogP contribution is -2.35. The van der Waals surface area contributed by atoms with Crippen molar-refractivity contribution in [3.8, 4) is 0 Å². The molecule has 0 unspecified atom stereocenters. The van der Waals surface area contributed by atoms with Crippen molar-refractivity contribution in [1.29, 1.82) is 0 Å². The fraction of sp³-hybridized carbons (Fsp3) is 0.462. The molecule has 1 amide bonds. The lowest BCUT2D eigenvalue weighted by atomic mass is 10.1. The molecule has 0 bridgehead atoms. The van der Waals surface area contributed by atoms with Crippen molar-refractivity contribution in [2.24, 2.45) is 0 Å². The van der Waals surface area contributed by atoms with E-state index in [0.29, 0.717) is 6.42 Å². The van der Waals surface area contributed by atoms with Crippen LogP contribution in [0.4, 0.5) is 0 Å². The van der Waals surface area contributed by atoms with Gasteiger partial charge in [0.15, 0.2) is 0 Å². The first kappa shape index (κ1) is 15.5. The summed E-state index contributed by atoms with van der Waals surface area (Å²) in [4.78, 5) is 14.1. The molecule has 100 valence electrons. The van der Waals surface area contributed by atoms with Crippen LogP contribution in [0.15, 0.2) is 28.7 Å². The summed E-state index contributed by atoms with van der Waals surface area (Å²) in [6.45, 7) is 3.62. The van der Waals surface area contributed by atoms with E-state index in [1.807, 2.05) is 29.2 Å². The molecule has 2 rings (SSSR count). The van der Waals surface area contributed by atoms with Crippen molar-refractivity contribution in [3.05, 3.63) is 34.3 Å². The first-order valence-corrected chi connectivity index (χ1v) is 6.78. The van der Waals surface area contributed by atoms with E-state index in [9.17, 15) is 4.79 Å². The SMILES string of the molecule is Cl.O=C(Cc1cccc(Br)c1)N1CCCNCC1. The summed E-state index contributed by atoms with van der Waals surface area (Å²) >= 11 is 3.43. The van der Waals surface area contributed by atoms with Crippen molar-refractivity contribution >= 4 is 34.2 Å². The number of rotatable bonds is 2. The van der Waals surface area contributed by atoms with Crippen LogP contribution in [0.3, 0.4) is 0 Å². The second-order valence-corrected chi connectivity index (χ2v) is 5.21. The zero-order valence-electron chi connectivity index (χ0n) is 10.2. The number of benzene rings is 1. The van der Waals surface area contributed by atoms with Gasteiger partial charge >= 0.3 is 0 Å². The second-order valence-electron chi connectivity index (χ2n) is 4.29. The van der Waals surface area contributed by atoms with Crippen LogP contribution in [-0.2, 0) is 11.2 Å². The highest BCUT2D eigenvalue weighted by atomic mass is 79.9. The minimum absolute atomic E-state index is 0. The zero-order chi connectivity index (χ0) is 12.1. The van der Waals surface area contributed by atoms with Crippen LogP contribution < -0.4 is 5.32 Å². The molecule has 0 aromatic heterocycles. The molecule has 1 saturated heterocycles. The molecule has 1 aromatic rings. The Morgan fingerprint density at radius 3 is 2.94 bits per heavy atom. The Kier molecular flexibility index (Phi) is 6.68. The Labute approximate surface area is 122 Å². The minimum atomic E-state index is 0. The minimum Gasteiger partial charge on any atom is -0.341 e. The second kappa shape index (κ2) is 7.77. The van der Waals surface area contributed by atoms with Gasteiger partial charge in [-0.05, 0) is 30.7 Å². The lowest BCUT2D eigenvalue weighted by molar-refractivity contribution is -0.130. The van der Waals surface area contributed by atoms with E-state index in [-0.39, 0.29) is 18.3 Å². The lowest BCUT2D eigenvalue weighted by Gasteiger charge is -2.19. The van der Waals surface area contributed by atoms with Crippen molar-refractivity contribution in [1.82, 2.24) is 10.2 Å². The normalized spacial score (nSPS) is 15.7. The number of nitrogens with one attached hydrogen (secondary N) is 1. The average molecular weight is 334 g/mol. The maximum absolute atomic E-state index is 12.1. The van der Waals surface area contributed by atoms with Gasteiger partial charge in [0.1, 0.15) is 0 Å². The highest BCUT2D eigenvalue weighted by molar-refractivity contribution is 9.10. The summed E-state index contributed by atoms with van der Waals surface area (Å²) in [5, 5.41) is 3.30.